The molecule has 0 aliphatic heterocycles. The maximum absolute atomic E-state index is 13.4. The Kier molecular flexibility index (Phi) is 4.78. The van der Waals surface area contributed by atoms with E-state index in [9.17, 15) is 21.8 Å². The van der Waals surface area contributed by atoms with Gasteiger partial charge in [-0.15, -0.1) is 0 Å². The van der Waals surface area contributed by atoms with Crippen LogP contribution in [-0.4, -0.2) is 22.9 Å². The molecule has 1 aromatic heterocycles. The summed E-state index contributed by atoms with van der Waals surface area (Å²) >= 11 is 5.34. The summed E-state index contributed by atoms with van der Waals surface area (Å²) in [6.45, 7) is 1.63. The van der Waals surface area contributed by atoms with Gasteiger partial charge < -0.3 is 5.32 Å². The normalized spacial score (nSPS) is 11.7. The van der Waals surface area contributed by atoms with Crippen molar-refractivity contribution < 1.29 is 21.8 Å². The Morgan fingerprint density at radius 1 is 1.12 bits per heavy atom. The molecule has 10 heteroatoms. The van der Waals surface area contributed by atoms with Crippen LogP contribution in [0.3, 0.4) is 0 Å². The second-order valence-corrected chi connectivity index (χ2v) is 7.23. The first-order valence-corrected chi connectivity index (χ1v) is 9.11. The fourth-order valence-electron chi connectivity index (χ4n) is 2.65. The average molecular weight is 400 g/mol. The minimum atomic E-state index is -4.42. The lowest BCUT2D eigenvalue weighted by molar-refractivity contribution is 0.483. The standard InChI is InChI=1S/C16H12ClF2N3O3S/c1-8-5-6-10-9(3-2-4-11(10)13(8)26(23,24)25)7-20-16-21-14(18)12(17)15(19)22-16/h2-6H,7H2,1H3,(H,20,21,22)(H,23,24,25). The van der Waals surface area contributed by atoms with Crippen LogP contribution in [0.25, 0.3) is 10.8 Å². The number of nitrogens with zero attached hydrogens (tertiary/aromatic N) is 2. The van der Waals surface area contributed by atoms with Crippen LogP contribution < -0.4 is 5.32 Å². The molecule has 0 atom stereocenters. The number of fused-ring (bicyclic) bond motifs is 1. The molecule has 0 saturated heterocycles. The summed E-state index contributed by atoms with van der Waals surface area (Å²) in [6, 6.07) is 8.12. The largest absolute Gasteiger partial charge is 0.350 e. The van der Waals surface area contributed by atoms with Crippen molar-refractivity contribution in [2.75, 3.05) is 5.32 Å². The number of anilines is 1. The number of hydrogen-bond donors (Lipinski definition) is 2. The number of nitrogens with one attached hydrogen (secondary N) is 1. The molecule has 3 aromatic rings. The minimum Gasteiger partial charge on any atom is -0.350 e. The predicted molar refractivity (Wildman–Crippen MR) is 92.8 cm³/mol. The van der Waals surface area contributed by atoms with Gasteiger partial charge in [0.1, 0.15) is 4.90 Å². The zero-order valence-corrected chi connectivity index (χ0v) is 14.9. The zero-order chi connectivity index (χ0) is 19.1. The fraction of sp³-hybridized carbons (Fsp3) is 0.125. The molecule has 1 heterocycles. The van der Waals surface area contributed by atoms with Crippen LogP contribution in [0.5, 0.6) is 0 Å². The van der Waals surface area contributed by atoms with Gasteiger partial charge in [-0.1, -0.05) is 41.9 Å². The van der Waals surface area contributed by atoms with E-state index in [2.05, 4.69) is 15.3 Å². The van der Waals surface area contributed by atoms with Crippen molar-refractivity contribution >= 4 is 38.4 Å². The van der Waals surface area contributed by atoms with Gasteiger partial charge in [0.05, 0.1) is 0 Å². The first-order valence-electron chi connectivity index (χ1n) is 7.29. The van der Waals surface area contributed by atoms with Gasteiger partial charge in [-0.2, -0.15) is 27.2 Å². The van der Waals surface area contributed by atoms with Crippen molar-refractivity contribution in [2.45, 2.75) is 18.4 Å². The lowest BCUT2D eigenvalue weighted by Crippen LogP contribution is -2.08. The van der Waals surface area contributed by atoms with E-state index >= 15 is 0 Å². The SMILES string of the molecule is Cc1ccc2c(CNc3nc(F)c(Cl)c(F)n3)cccc2c1S(=O)(=O)O. The number of rotatable bonds is 4. The molecule has 26 heavy (non-hydrogen) atoms. The Morgan fingerprint density at radius 2 is 1.77 bits per heavy atom. The third-order valence-electron chi connectivity index (χ3n) is 3.76. The molecule has 0 bridgehead atoms. The van der Waals surface area contributed by atoms with Gasteiger partial charge in [-0.3, -0.25) is 4.55 Å². The van der Waals surface area contributed by atoms with Crippen LogP contribution in [0.1, 0.15) is 11.1 Å². The van der Waals surface area contributed by atoms with E-state index in [1.54, 1.807) is 37.3 Å². The highest BCUT2D eigenvalue weighted by Crippen LogP contribution is 2.29. The second-order valence-electron chi connectivity index (χ2n) is 5.50. The maximum atomic E-state index is 13.4. The monoisotopic (exact) mass is 399 g/mol. The molecule has 2 aromatic carbocycles. The Balaban J connectivity index is 2.02. The lowest BCUT2D eigenvalue weighted by atomic mass is 10.0. The molecule has 3 rings (SSSR count). The first kappa shape index (κ1) is 18.4. The minimum absolute atomic E-state index is 0.0613. The highest BCUT2D eigenvalue weighted by molar-refractivity contribution is 7.86. The van der Waals surface area contributed by atoms with E-state index in [1.165, 1.54) is 0 Å². The van der Waals surface area contributed by atoms with E-state index in [0.717, 1.165) is 0 Å². The summed E-state index contributed by atoms with van der Waals surface area (Å²) in [5, 5.41) is 2.75. The molecular formula is C16H12ClF2N3O3S. The average Bonchev–Trinajstić information content (AvgIpc) is 2.56. The van der Waals surface area contributed by atoms with Crippen molar-refractivity contribution in [3.63, 3.8) is 0 Å². The molecule has 0 aliphatic carbocycles. The Hall–Kier alpha value is -2.36. The van der Waals surface area contributed by atoms with Crippen molar-refractivity contribution in [3.8, 4) is 0 Å². The van der Waals surface area contributed by atoms with E-state index in [0.29, 0.717) is 21.9 Å². The van der Waals surface area contributed by atoms with E-state index in [1.807, 2.05) is 0 Å². The molecule has 0 aliphatic rings. The van der Waals surface area contributed by atoms with Crippen LogP contribution in [-0.2, 0) is 16.7 Å². The van der Waals surface area contributed by atoms with Gasteiger partial charge in [0, 0.05) is 11.9 Å². The van der Waals surface area contributed by atoms with E-state index in [4.69, 9.17) is 11.6 Å². The fourth-order valence-corrected chi connectivity index (χ4v) is 3.66. The van der Waals surface area contributed by atoms with Crippen LogP contribution in [0.4, 0.5) is 14.7 Å². The van der Waals surface area contributed by atoms with Crippen LogP contribution in [0.2, 0.25) is 5.02 Å². The Morgan fingerprint density at radius 3 is 2.38 bits per heavy atom. The van der Waals surface area contributed by atoms with Crippen LogP contribution in [0.15, 0.2) is 35.2 Å². The van der Waals surface area contributed by atoms with Gasteiger partial charge in [-0.25, -0.2) is 0 Å². The molecule has 0 unspecified atom stereocenters. The number of aryl methyl sites for hydroxylation is 1. The molecule has 0 saturated carbocycles. The molecule has 0 fully saturated rings. The maximum Gasteiger partial charge on any atom is 0.295 e. The van der Waals surface area contributed by atoms with Gasteiger partial charge in [-0.05, 0) is 23.4 Å². The van der Waals surface area contributed by atoms with Gasteiger partial charge >= 0.3 is 0 Å². The Bertz CT molecular complexity index is 1100. The van der Waals surface area contributed by atoms with Crippen molar-refractivity contribution in [1.82, 2.24) is 9.97 Å². The van der Waals surface area contributed by atoms with Gasteiger partial charge in [0.2, 0.25) is 17.8 Å². The smallest absolute Gasteiger partial charge is 0.295 e. The van der Waals surface area contributed by atoms with Crippen LogP contribution in [0, 0.1) is 18.8 Å². The highest BCUT2D eigenvalue weighted by Gasteiger charge is 2.18. The van der Waals surface area contributed by atoms with Crippen LogP contribution >= 0.6 is 11.6 Å². The topological polar surface area (TPSA) is 92.2 Å². The summed E-state index contributed by atoms with van der Waals surface area (Å²) in [5.74, 6) is -2.68. The summed E-state index contributed by atoms with van der Waals surface area (Å²) in [5.41, 5.74) is 1.02. The first-order chi connectivity index (χ1) is 12.2. The number of benzene rings is 2. The molecule has 0 amide bonds. The molecule has 2 N–H and O–H groups in total. The number of hydrogen-bond acceptors (Lipinski definition) is 5. The third kappa shape index (κ3) is 3.46. The molecular weight excluding hydrogens is 388 g/mol. The van der Waals surface area contributed by atoms with E-state index in [-0.39, 0.29) is 17.4 Å². The molecule has 0 radical (unpaired) electrons. The summed E-state index contributed by atoms with van der Waals surface area (Å²) in [7, 11) is -4.42. The molecule has 0 spiro atoms. The van der Waals surface area contributed by atoms with Crippen molar-refractivity contribution in [1.29, 1.82) is 0 Å². The van der Waals surface area contributed by atoms with Crippen molar-refractivity contribution in [3.05, 3.63) is 58.4 Å². The summed E-state index contributed by atoms with van der Waals surface area (Å²) < 4.78 is 59.7. The van der Waals surface area contributed by atoms with Crippen molar-refractivity contribution in [2.24, 2.45) is 0 Å². The zero-order valence-electron chi connectivity index (χ0n) is 13.3. The van der Waals surface area contributed by atoms with Gasteiger partial charge in [0.25, 0.3) is 10.1 Å². The number of halogens is 3. The predicted octanol–water partition coefficient (Wildman–Crippen LogP) is 3.73. The summed E-state index contributed by atoms with van der Waals surface area (Å²) in [6.07, 6.45) is 0. The molecule has 6 nitrogen and oxygen atoms in total. The quantitative estimate of drug-likeness (QED) is 0.513. The third-order valence-corrected chi connectivity index (χ3v) is 5.13. The van der Waals surface area contributed by atoms with E-state index < -0.39 is 27.0 Å². The summed E-state index contributed by atoms with van der Waals surface area (Å²) in [4.78, 5) is 6.62. The lowest BCUT2D eigenvalue weighted by Gasteiger charge is -2.12. The second kappa shape index (κ2) is 6.75. The Labute approximate surface area is 152 Å². The number of aromatic nitrogens is 2. The van der Waals surface area contributed by atoms with Gasteiger partial charge in [0.15, 0.2) is 5.02 Å². The molecule has 136 valence electrons. The highest BCUT2D eigenvalue weighted by atomic mass is 35.5.